The second kappa shape index (κ2) is 7.71. The number of nitrogens with zero attached hydrogens (tertiary/aromatic N) is 2. The molecule has 1 aliphatic rings. The van der Waals surface area contributed by atoms with Crippen molar-refractivity contribution in [1.29, 1.82) is 0 Å². The van der Waals surface area contributed by atoms with Crippen molar-refractivity contribution in [3.8, 4) is 5.75 Å². The third-order valence-electron chi connectivity index (χ3n) is 5.08. The van der Waals surface area contributed by atoms with Gasteiger partial charge in [-0.1, -0.05) is 18.2 Å². The molecule has 3 heterocycles. The number of rotatable bonds is 4. The van der Waals surface area contributed by atoms with Crippen molar-refractivity contribution in [3.05, 3.63) is 74.9 Å². The third-order valence-corrected chi connectivity index (χ3v) is 6.79. The number of H-pyrrole nitrogens is 1. The van der Waals surface area contributed by atoms with E-state index in [0.717, 1.165) is 28.5 Å². The molecule has 0 saturated carbocycles. The van der Waals surface area contributed by atoms with E-state index in [1.165, 1.54) is 9.13 Å². The molecule has 5 nitrogen and oxygen atoms in total. The fraction of sp³-hybridized carbons (Fsp3) is 0.238. The number of benzene rings is 1. The highest BCUT2D eigenvalue weighted by Gasteiger charge is 2.43. The van der Waals surface area contributed by atoms with Gasteiger partial charge in [-0.15, -0.1) is 0 Å². The van der Waals surface area contributed by atoms with Crippen LogP contribution in [0.3, 0.4) is 0 Å². The summed E-state index contributed by atoms with van der Waals surface area (Å²) >= 11 is 8.21. The maximum atomic E-state index is 5.80. The average molecular weight is 504 g/mol. The van der Waals surface area contributed by atoms with E-state index in [-0.39, 0.29) is 12.1 Å². The SMILES string of the molecule is COc1ccccc1N1C(=S)N[C@H](c2ccccn2)[C@H]1c1c(C)[nH]c(C)c1I. The molecule has 1 aromatic carbocycles. The number of aryl methyl sites for hydroxylation is 2. The summed E-state index contributed by atoms with van der Waals surface area (Å²) in [6, 6.07) is 13.8. The number of thiocarbonyl (C=S) groups is 1. The molecule has 3 aromatic rings. The third kappa shape index (κ3) is 3.16. The van der Waals surface area contributed by atoms with Crippen molar-refractivity contribution >= 4 is 45.6 Å². The van der Waals surface area contributed by atoms with E-state index in [9.17, 15) is 0 Å². The molecular formula is C21H21IN4OS. The number of para-hydroxylation sites is 2. The van der Waals surface area contributed by atoms with E-state index in [1.54, 1.807) is 7.11 Å². The summed E-state index contributed by atoms with van der Waals surface area (Å²) in [4.78, 5) is 10.3. The van der Waals surface area contributed by atoms with Crippen LogP contribution in [0.1, 0.15) is 34.7 Å². The van der Waals surface area contributed by atoms with Crippen LogP contribution in [0.5, 0.6) is 5.75 Å². The van der Waals surface area contributed by atoms with Gasteiger partial charge in [0.05, 0.1) is 30.6 Å². The van der Waals surface area contributed by atoms with E-state index >= 15 is 0 Å². The number of pyridine rings is 1. The van der Waals surface area contributed by atoms with E-state index < -0.39 is 0 Å². The van der Waals surface area contributed by atoms with Crippen molar-refractivity contribution in [2.24, 2.45) is 0 Å². The molecular weight excluding hydrogens is 483 g/mol. The number of halogens is 1. The number of methoxy groups -OCH3 is 1. The summed E-state index contributed by atoms with van der Waals surface area (Å²) in [7, 11) is 1.69. The molecule has 0 amide bonds. The van der Waals surface area contributed by atoms with Gasteiger partial charge in [-0.2, -0.15) is 0 Å². The van der Waals surface area contributed by atoms with Crippen molar-refractivity contribution in [1.82, 2.24) is 15.3 Å². The molecule has 1 saturated heterocycles. The number of aromatic nitrogens is 2. The van der Waals surface area contributed by atoms with Crippen LogP contribution in [0.4, 0.5) is 5.69 Å². The van der Waals surface area contributed by atoms with Crippen molar-refractivity contribution < 1.29 is 4.74 Å². The summed E-state index contributed by atoms with van der Waals surface area (Å²) in [6.45, 7) is 4.21. The molecule has 0 unspecified atom stereocenters. The average Bonchev–Trinajstić information content (AvgIpc) is 3.17. The van der Waals surface area contributed by atoms with Gasteiger partial charge in [0.15, 0.2) is 5.11 Å². The van der Waals surface area contributed by atoms with Crippen molar-refractivity contribution in [2.45, 2.75) is 25.9 Å². The molecule has 0 aliphatic carbocycles. The molecule has 1 aliphatic heterocycles. The minimum atomic E-state index is -0.0685. The Morgan fingerprint density at radius 2 is 1.86 bits per heavy atom. The van der Waals surface area contributed by atoms with Crippen LogP contribution in [-0.2, 0) is 0 Å². The Bertz CT molecular complexity index is 1020. The van der Waals surface area contributed by atoms with Gasteiger partial charge in [-0.05, 0) is 72.9 Å². The molecule has 1 fully saturated rings. The Kier molecular flexibility index (Phi) is 5.29. The predicted octanol–water partition coefficient (Wildman–Crippen LogP) is 4.82. The van der Waals surface area contributed by atoms with Crippen molar-refractivity contribution in [3.63, 3.8) is 0 Å². The van der Waals surface area contributed by atoms with Gasteiger partial charge >= 0.3 is 0 Å². The normalized spacial score (nSPS) is 19.0. The van der Waals surface area contributed by atoms with Gasteiger partial charge in [-0.25, -0.2) is 0 Å². The molecule has 0 spiro atoms. The predicted molar refractivity (Wildman–Crippen MR) is 124 cm³/mol. The quantitative estimate of drug-likeness (QED) is 0.395. The second-order valence-electron chi connectivity index (χ2n) is 6.77. The molecule has 4 rings (SSSR count). The summed E-state index contributed by atoms with van der Waals surface area (Å²) in [5.41, 5.74) is 5.43. The Labute approximate surface area is 183 Å². The van der Waals surface area contributed by atoms with Gasteiger partial charge in [-0.3, -0.25) is 4.98 Å². The van der Waals surface area contributed by atoms with Gasteiger partial charge in [0.2, 0.25) is 0 Å². The molecule has 2 atom stereocenters. The molecule has 0 radical (unpaired) electrons. The highest BCUT2D eigenvalue weighted by molar-refractivity contribution is 14.1. The molecule has 0 bridgehead atoms. The van der Waals surface area contributed by atoms with Crippen LogP contribution in [0, 0.1) is 17.4 Å². The van der Waals surface area contributed by atoms with Crippen LogP contribution in [0.25, 0.3) is 0 Å². The van der Waals surface area contributed by atoms with Gasteiger partial charge < -0.3 is 19.9 Å². The summed E-state index contributed by atoms with van der Waals surface area (Å²) in [6.07, 6.45) is 1.82. The Balaban J connectivity index is 1.93. The van der Waals surface area contributed by atoms with Gasteiger partial charge in [0, 0.05) is 26.7 Å². The first-order valence-corrected chi connectivity index (χ1v) is 10.5. The van der Waals surface area contributed by atoms with Crippen LogP contribution in [0.2, 0.25) is 0 Å². The minimum Gasteiger partial charge on any atom is -0.495 e. The first-order valence-electron chi connectivity index (χ1n) is 9.01. The van der Waals surface area contributed by atoms with Crippen LogP contribution in [-0.4, -0.2) is 22.2 Å². The van der Waals surface area contributed by atoms with E-state index in [4.69, 9.17) is 17.0 Å². The van der Waals surface area contributed by atoms with Crippen LogP contribution >= 0.6 is 34.8 Å². The van der Waals surface area contributed by atoms with E-state index in [0.29, 0.717) is 5.11 Å². The largest absolute Gasteiger partial charge is 0.495 e. The Hall–Kier alpha value is -2.13. The maximum Gasteiger partial charge on any atom is 0.174 e. The van der Waals surface area contributed by atoms with Crippen LogP contribution < -0.4 is 15.0 Å². The maximum absolute atomic E-state index is 5.80. The number of hydrogen-bond acceptors (Lipinski definition) is 3. The summed E-state index contributed by atoms with van der Waals surface area (Å²) < 4.78 is 6.86. The van der Waals surface area contributed by atoms with Crippen LogP contribution in [0.15, 0.2) is 48.7 Å². The zero-order valence-corrected chi connectivity index (χ0v) is 18.8. The molecule has 2 N–H and O–H groups in total. The molecule has 7 heteroatoms. The highest BCUT2D eigenvalue weighted by Crippen LogP contribution is 2.46. The smallest absolute Gasteiger partial charge is 0.174 e. The number of hydrogen-bond donors (Lipinski definition) is 2. The fourth-order valence-corrected chi connectivity index (χ4v) is 5.06. The van der Waals surface area contributed by atoms with Gasteiger partial charge in [0.25, 0.3) is 0 Å². The summed E-state index contributed by atoms with van der Waals surface area (Å²) in [5, 5.41) is 4.17. The molecule has 28 heavy (non-hydrogen) atoms. The second-order valence-corrected chi connectivity index (χ2v) is 8.24. The minimum absolute atomic E-state index is 0.0458. The van der Waals surface area contributed by atoms with Crippen molar-refractivity contribution in [2.75, 3.05) is 12.0 Å². The zero-order valence-electron chi connectivity index (χ0n) is 15.9. The Morgan fingerprint density at radius 1 is 1.11 bits per heavy atom. The Morgan fingerprint density at radius 3 is 2.50 bits per heavy atom. The number of ether oxygens (including phenoxy) is 1. The lowest BCUT2D eigenvalue weighted by atomic mass is 9.96. The van der Waals surface area contributed by atoms with E-state index in [1.807, 2.05) is 48.7 Å². The monoisotopic (exact) mass is 504 g/mol. The lowest BCUT2D eigenvalue weighted by Crippen LogP contribution is -2.30. The van der Waals surface area contributed by atoms with Gasteiger partial charge in [0.1, 0.15) is 5.75 Å². The molecule has 2 aromatic heterocycles. The summed E-state index contributed by atoms with van der Waals surface area (Å²) in [5.74, 6) is 0.790. The van der Waals surface area contributed by atoms with E-state index in [2.05, 4.69) is 56.6 Å². The molecule has 144 valence electrons. The lowest BCUT2D eigenvalue weighted by Gasteiger charge is -2.29. The first-order chi connectivity index (χ1) is 13.5. The number of anilines is 1. The first kappa shape index (κ1) is 19.2. The number of aromatic amines is 1. The number of nitrogens with one attached hydrogen (secondary N) is 2. The zero-order chi connectivity index (χ0) is 19.8. The highest BCUT2D eigenvalue weighted by atomic mass is 127. The standard InChI is InChI=1S/C21H21IN4OS/c1-12-17(18(22)13(2)24-12)20-19(14-8-6-7-11-23-14)25-21(28)26(20)15-9-4-5-10-16(15)27-3/h4-11,19-20,24H,1-3H3,(H,25,28)/t19-,20-/m1/s1. The topological polar surface area (TPSA) is 53.2 Å². The fourth-order valence-electron chi connectivity index (χ4n) is 3.86. The lowest BCUT2D eigenvalue weighted by molar-refractivity contribution is 0.414.